The Morgan fingerprint density at radius 1 is 1.14 bits per heavy atom. The molecule has 2 saturated heterocycles. The van der Waals surface area contributed by atoms with E-state index in [1.165, 1.54) is 5.56 Å². The fraction of sp³-hybridized carbons (Fsp3) is 0.636. The van der Waals surface area contributed by atoms with Gasteiger partial charge in [0.15, 0.2) is 0 Å². The van der Waals surface area contributed by atoms with Crippen LogP contribution in [0.25, 0.3) is 0 Å². The van der Waals surface area contributed by atoms with E-state index in [0.29, 0.717) is 32.7 Å². The zero-order valence-electron chi connectivity index (χ0n) is 17.6. The van der Waals surface area contributed by atoms with Crippen molar-refractivity contribution in [3.05, 3.63) is 29.3 Å². The first-order valence-electron chi connectivity index (χ1n) is 10.3. The van der Waals surface area contributed by atoms with Crippen LogP contribution in [0.1, 0.15) is 30.4 Å². The molecule has 0 bridgehead atoms. The minimum absolute atomic E-state index is 0.0427. The molecule has 0 radical (unpaired) electrons. The average Bonchev–Trinajstić information content (AvgIpc) is 3.06. The molecular weight excluding hydrogens is 354 g/mol. The molecule has 2 aliphatic rings. The molecule has 2 amide bonds. The molecular formula is C22H33N3O3. The maximum absolute atomic E-state index is 13.4. The Kier molecular flexibility index (Phi) is 6.73. The summed E-state index contributed by atoms with van der Waals surface area (Å²) < 4.78 is 5.48. The number of amides is 2. The summed E-state index contributed by atoms with van der Waals surface area (Å²) in [7, 11) is 4.04. The van der Waals surface area contributed by atoms with Crippen molar-refractivity contribution in [2.75, 3.05) is 51.8 Å². The third-order valence-electron chi connectivity index (χ3n) is 5.98. The van der Waals surface area contributed by atoms with E-state index >= 15 is 0 Å². The highest BCUT2D eigenvalue weighted by Crippen LogP contribution is 2.29. The molecule has 0 aliphatic carbocycles. The van der Waals surface area contributed by atoms with Crippen LogP contribution in [-0.2, 0) is 14.3 Å². The quantitative estimate of drug-likeness (QED) is 0.751. The van der Waals surface area contributed by atoms with Crippen LogP contribution in [0.3, 0.4) is 0 Å². The lowest BCUT2D eigenvalue weighted by molar-refractivity contribution is -0.140. The lowest BCUT2D eigenvalue weighted by atomic mass is 10.0. The lowest BCUT2D eigenvalue weighted by Crippen LogP contribution is -2.49. The molecule has 1 unspecified atom stereocenters. The summed E-state index contributed by atoms with van der Waals surface area (Å²) in [5.74, 6) is -0.103. The van der Waals surface area contributed by atoms with Crippen molar-refractivity contribution in [2.45, 2.75) is 39.2 Å². The first kappa shape index (κ1) is 20.8. The molecule has 28 heavy (non-hydrogen) atoms. The molecule has 6 nitrogen and oxygen atoms in total. The molecule has 1 aromatic carbocycles. The van der Waals surface area contributed by atoms with Crippen LogP contribution in [0.5, 0.6) is 0 Å². The number of nitrogens with zero attached hydrogens (tertiary/aromatic N) is 3. The summed E-state index contributed by atoms with van der Waals surface area (Å²) >= 11 is 0. The molecule has 2 fully saturated rings. The highest BCUT2D eigenvalue weighted by atomic mass is 16.5. The number of anilines is 1. The smallest absolute Gasteiger partial charge is 0.228 e. The van der Waals surface area contributed by atoms with Crippen molar-refractivity contribution in [2.24, 2.45) is 5.92 Å². The number of carbonyl (C=O) groups excluding carboxylic acids is 2. The van der Waals surface area contributed by atoms with Gasteiger partial charge in [0, 0.05) is 51.0 Å². The van der Waals surface area contributed by atoms with E-state index in [1.807, 2.05) is 37.2 Å². The van der Waals surface area contributed by atoms with E-state index in [0.717, 1.165) is 30.6 Å². The number of aryl methyl sites for hydroxylation is 2. The Morgan fingerprint density at radius 2 is 1.86 bits per heavy atom. The van der Waals surface area contributed by atoms with Crippen molar-refractivity contribution in [3.8, 4) is 0 Å². The summed E-state index contributed by atoms with van der Waals surface area (Å²) in [6.07, 6.45) is 2.05. The van der Waals surface area contributed by atoms with Gasteiger partial charge in [0.05, 0.1) is 5.92 Å². The van der Waals surface area contributed by atoms with Gasteiger partial charge in [-0.1, -0.05) is 6.07 Å². The van der Waals surface area contributed by atoms with Crippen LogP contribution in [0.2, 0.25) is 0 Å². The first-order valence-corrected chi connectivity index (χ1v) is 10.3. The van der Waals surface area contributed by atoms with E-state index in [2.05, 4.69) is 18.7 Å². The van der Waals surface area contributed by atoms with Crippen LogP contribution < -0.4 is 4.90 Å². The number of carbonyl (C=O) groups is 2. The van der Waals surface area contributed by atoms with E-state index in [9.17, 15) is 9.59 Å². The number of likely N-dealkylation sites (N-methyl/N-ethyl adjacent to an activating group) is 1. The van der Waals surface area contributed by atoms with Crippen molar-refractivity contribution >= 4 is 17.5 Å². The van der Waals surface area contributed by atoms with Gasteiger partial charge >= 0.3 is 0 Å². The van der Waals surface area contributed by atoms with Crippen LogP contribution in [0.4, 0.5) is 5.69 Å². The third kappa shape index (κ3) is 4.73. The molecule has 2 aliphatic heterocycles. The minimum atomic E-state index is -0.265. The maximum atomic E-state index is 13.4. The van der Waals surface area contributed by atoms with Crippen molar-refractivity contribution < 1.29 is 14.3 Å². The Bertz CT molecular complexity index is 713. The van der Waals surface area contributed by atoms with Gasteiger partial charge in [-0.3, -0.25) is 9.59 Å². The highest BCUT2D eigenvalue weighted by molar-refractivity contribution is 6.00. The molecule has 6 heteroatoms. The van der Waals surface area contributed by atoms with Crippen LogP contribution in [0.15, 0.2) is 18.2 Å². The summed E-state index contributed by atoms with van der Waals surface area (Å²) in [4.78, 5) is 32.0. The molecule has 1 atom stereocenters. The van der Waals surface area contributed by atoms with Gasteiger partial charge in [-0.25, -0.2) is 0 Å². The molecule has 2 heterocycles. The minimum Gasteiger partial charge on any atom is -0.381 e. The van der Waals surface area contributed by atoms with Gasteiger partial charge < -0.3 is 19.4 Å². The summed E-state index contributed by atoms with van der Waals surface area (Å²) in [6.45, 7) is 7.52. The fourth-order valence-electron chi connectivity index (χ4n) is 4.03. The number of hydrogen-bond acceptors (Lipinski definition) is 4. The Labute approximate surface area is 168 Å². The number of ether oxygens (including phenoxy) is 1. The largest absolute Gasteiger partial charge is 0.381 e. The normalized spacial score (nSPS) is 20.8. The standard InChI is InChI=1S/C22H33N3O3/c1-16-5-6-20(13-17(16)2)25-15-18(14-21(25)26)22(27)24(10-9-23(3)4)19-7-11-28-12-8-19/h5-6,13,18-19H,7-12,14-15H2,1-4H3. The Hall–Kier alpha value is -1.92. The second-order valence-corrected chi connectivity index (χ2v) is 8.35. The fourth-order valence-corrected chi connectivity index (χ4v) is 4.03. The first-order chi connectivity index (χ1) is 13.4. The topological polar surface area (TPSA) is 53.1 Å². The second kappa shape index (κ2) is 9.05. The lowest BCUT2D eigenvalue weighted by Gasteiger charge is -2.36. The summed E-state index contributed by atoms with van der Waals surface area (Å²) in [6, 6.07) is 6.28. The molecule has 1 aromatic rings. The van der Waals surface area contributed by atoms with Crippen molar-refractivity contribution in [1.82, 2.24) is 9.80 Å². The summed E-state index contributed by atoms with van der Waals surface area (Å²) in [5.41, 5.74) is 3.27. The van der Waals surface area contributed by atoms with E-state index in [1.54, 1.807) is 4.90 Å². The van der Waals surface area contributed by atoms with E-state index in [4.69, 9.17) is 4.74 Å². The molecule has 0 saturated carbocycles. The zero-order chi connectivity index (χ0) is 20.3. The van der Waals surface area contributed by atoms with E-state index < -0.39 is 0 Å². The van der Waals surface area contributed by atoms with Crippen LogP contribution in [0, 0.1) is 19.8 Å². The van der Waals surface area contributed by atoms with Gasteiger partial charge in [0.2, 0.25) is 11.8 Å². The molecule has 0 spiro atoms. The Morgan fingerprint density at radius 3 is 2.50 bits per heavy atom. The van der Waals surface area contributed by atoms with Gasteiger partial charge in [-0.05, 0) is 64.0 Å². The number of hydrogen-bond donors (Lipinski definition) is 0. The summed E-state index contributed by atoms with van der Waals surface area (Å²) in [5, 5.41) is 0. The maximum Gasteiger partial charge on any atom is 0.228 e. The molecule has 0 aromatic heterocycles. The van der Waals surface area contributed by atoms with Gasteiger partial charge in [0.25, 0.3) is 0 Å². The SMILES string of the molecule is Cc1ccc(N2CC(C(=O)N(CCN(C)C)C3CCOCC3)CC2=O)cc1C. The predicted molar refractivity (Wildman–Crippen MR) is 110 cm³/mol. The monoisotopic (exact) mass is 387 g/mol. The Balaban J connectivity index is 1.73. The average molecular weight is 388 g/mol. The van der Waals surface area contributed by atoms with Crippen molar-refractivity contribution in [1.29, 1.82) is 0 Å². The van der Waals surface area contributed by atoms with Crippen molar-refractivity contribution in [3.63, 3.8) is 0 Å². The van der Waals surface area contributed by atoms with Crippen LogP contribution >= 0.6 is 0 Å². The molecule has 0 N–H and O–H groups in total. The highest BCUT2D eigenvalue weighted by Gasteiger charge is 2.39. The van der Waals surface area contributed by atoms with Crippen LogP contribution in [-0.4, -0.2) is 74.6 Å². The predicted octanol–water partition coefficient (Wildman–Crippen LogP) is 2.23. The number of benzene rings is 1. The second-order valence-electron chi connectivity index (χ2n) is 8.35. The van der Waals surface area contributed by atoms with Gasteiger partial charge in [-0.15, -0.1) is 0 Å². The molecule has 3 rings (SSSR count). The third-order valence-corrected chi connectivity index (χ3v) is 5.98. The molecule has 154 valence electrons. The zero-order valence-corrected chi connectivity index (χ0v) is 17.6. The van der Waals surface area contributed by atoms with Gasteiger partial charge in [0.1, 0.15) is 0 Å². The van der Waals surface area contributed by atoms with E-state index in [-0.39, 0.29) is 23.8 Å². The number of rotatable bonds is 6. The van der Waals surface area contributed by atoms with Gasteiger partial charge in [-0.2, -0.15) is 0 Å².